The van der Waals surface area contributed by atoms with E-state index < -0.39 is 0 Å². The molecular formula is C58H79ClN6O10. The third kappa shape index (κ3) is 18.7. The summed E-state index contributed by atoms with van der Waals surface area (Å²) in [5.74, 6) is -0.511. The molecule has 3 aromatic carbocycles. The molecule has 0 aromatic heterocycles. The summed E-state index contributed by atoms with van der Waals surface area (Å²) in [5, 5.41) is 20.1. The molecule has 0 aliphatic carbocycles. The predicted molar refractivity (Wildman–Crippen MR) is 290 cm³/mol. The van der Waals surface area contributed by atoms with Crippen LogP contribution in [0.2, 0.25) is 5.02 Å². The summed E-state index contributed by atoms with van der Waals surface area (Å²) in [4.78, 5) is 55.6. The van der Waals surface area contributed by atoms with Crippen molar-refractivity contribution in [3.8, 4) is 17.2 Å². The summed E-state index contributed by atoms with van der Waals surface area (Å²) in [5.41, 5.74) is 5.19. The lowest BCUT2D eigenvalue weighted by Gasteiger charge is -2.39. The number of halogens is 1. The number of fused-ring (bicyclic) bond motifs is 1. The van der Waals surface area contributed by atoms with Crippen LogP contribution in [-0.2, 0) is 42.8 Å². The first-order chi connectivity index (χ1) is 36.2. The first-order valence-corrected chi connectivity index (χ1v) is 27.1. The van der Waals surface area contributed by atoms with E-state index in [2.05, 4.69) is 48.9 Å². The van der Waals surface area contributed by atoms with Gasteiger partial charge in [-0.1, -0.05) is 69.5 Å². The van der Waals surface area contributed by atoms with E-state index in [0.29, 0.717) is 102 Å². The van der Waals surface area contributed by atoms with Gasteiger partial charge in [0.05, 0.1) is 78.0 Å². The van der Waals surface area contributed by atoms with E-state index in [1.807, 2.05) is 78.6 Å². The third-order valence-electron chi connectivity index (χ3n) is 14.0. The molecule has 3 N–H and O–H groups in total. The molecule has 75 heavy (non-hydrogen) atoms. The smallest absolute Gasteiger partial charge is 0.264 e. The second-order valence-electron chi connectivity index (χ2n) is 20.6. The molecule has 0 spiro atoms. The van der Waals surface area contributed by atoms with Gasteiger partial charge in [-0.25, -0.2) is 0 Å². The van der Waals surface area contributed by atoms with Gasteiger partial charge in [-0.3, -0.25) is 19.2 Å². The number of hydrogen-bond donors (Lipinski definition) is 3. The van der Waals surface area contributed by atoms with Crippen molar-refractivity contribution in [2.45, 2.75) is 85.2 Å². The monoisotopic (exact) mass is 1050 g/mol. The van der Waals surface area contributed by atoms with E-state index in [1.54, 1.807) is 11.8 Å². The summed E-state index contributed by atoms with van der Waals surface area (Å²) in [7, 11) is 0. The molecule has 2 saturated heterocycles. The number of carbonyl (C=O) groups excluding carboxylic acids is 4. The number of likely N-dealkylation sites (tertiary alicyclic amines) is 1. The summed E-state index contributed by atoms with van der Waals surface area (Å²) in [6.45, 7) is 16.7. The Hall–Kier alpha value is -5.38. The van der Waals surface area contributed by atoms with Crippen molar-refractivity contribution < 1.29 is 47.6 Å². The van der Waals surface area contributed by atoms with Crippen molar-refractivity contribution in [2.75, 3.05) is 116 Å². The normalized spacial score (nSPS) is 20.1. The highest BCUT2D eigenvalue weighted by Gasteiger charge is 2.38. The molecule has 4 amide bonds. The number of nitrogens with one attached hydrogen (secondary N) is 3. The number of benzene rings is 3. The highest BCUT2D eigenvalue weighted by molar-refractivity contribution is 6.30. The largest absolute Gasteiger partial charge is 0.381 e. The van der Waals surface area contributed by atoms with Gasteiger partial charge in [0.15, 0.2) is 0 Å². The Labute approximate surface area is 449 Å². The predicted octanol–water partition coefficient (Wildman–Crippen LogP) is 8.40. The van der Waals surface area contributed by atoms with Gasteiger partial charge in [0, 0.05) is 74.3 Å². The van der Waals surface area contributed by atoms with Gasteiger partial charge in [0.1, 0.15) is 11.6 Å². The van der Waals surface area contributed by atoms with E-state index in [-0.39, 0.29) is 65.1 Å². The SMILES string of the molecule is CC(=O)N1c2ccc(-c3ccc(C(=O)NCCOCCOCCOCCOCCOCCNC(=O)[C@@H]4CN(C(=O)/C(C#N)=C/C(C)(C)CC5CCCCOCC5)CC4C)cc3)cc2[C@H](Nc2ccc(Cl)cc2)C[C@@H]1C. The van der Waals surface area contributed by atoms with Gasteiger partial charge in [-0.05, 0) is 115 Å². The van der Waals surface area contributed by atoms with Crippen LogP contribution >= 0.6 is 11.6 Å². The Balaban J connectivity index is 0.752. The third-order valence-corrected chi connectivity index (χ3v) is 14.3. The zero-order valence-corrected chi connectivity index (χ0v) is 45.4. The van der Waals surface area contributed by atoms with Crippen LogP contribution in [-0.4, -0.2) is 140 Å². The topological polar surface area (TPSA) is 190 Å². The van der Waals surface area contributed by atoms with E-state index >= 15 is 0 Å². The standard InChI is InChI=1S/C58H79ClN6O10/c1-41-39-64(57(69)48(38-60)37-58(4,5)36-44-8-6-7-22-70-23-19-44)40-52(41)56(68)62-21-25-72-27-29-74-31-33-75-32-30-73-28-26-71-24-20-61-55(67)46-11-9-45(10-12-46)47-13-18-54-51(35-47)53(34-42(2)65(54)43(3)66)63-50-16-14-49(59)15-17-50/h9-18,35,37,41-42,44,52-53,63H,6-8,19-34,36,39-40H2,1-5H3,(H,61,67)(H,62,68)/b48-37+/t41?,42-,44?,52+,53+/m0/s1. The van der Waals surface area contributed by atoms with Crippen molar-refractivity contribution in [1.29, 1.82) is 5.26 Å². The number of amides is 4. The molecule has 0 saturated carbocycles. The van der Waals surface area contributed by atoms with Gasteiger partial charge in [0.25, 0.3) is 11.8 Å². The van der Waals surface area contributed by atoms with Crippen LogP contribution in [0.25, 0.3) is 11.1 Å². The maximum absolute atomic E-state index is 13.5. The first kappa shape index (κ1) is 58.9. The Kier molecular flexibility index (Phi) is 23.9. The van der Waals surface area contributed by atoms with Gasteiger partial charge in [0.2, 0.25) is 11.8 Å². The molecule has 3 aliphatic heterocycles. The minimum Gasteiger partial charge on any atom is -0.381 e. The highest BCUT2D eigenvalue weighted by Crippen LogP contribution is 2.41. The van der Waals surface area contributed by atoms with Gasteiger partial charge < -0.3 is 54.2 Å². The molecule has 3 heterocycles. The van der Waals surface area contributed by atoms with Crippen molar-refractivity contribution in [3.63, 3.8) is 0 Å². The van der Waals surface area contributed by atoms with Crippen LogP contribution in [0.4, 0.5) is 11.4 Å². The fourth-order valence-electron chi connectivity index (χ4n) is 10.2. The molecule has 6 rings (SSSR count). The molecule has 0 radical (unpaired) electrons. The summed E-state index contributed by atoms with van der Waals surface area (Å²) < 4.78 is 33.7. The van der Waals surface area contributed by atoms with Gasteiger partial charge >= 0.3 is 0 Å². The number of anilines is 2. The molecule has 2 fully saturated rings. The van der Waals surface area contributed by atoms with Crippen molar-refractivity contribution in [1.82, 2.24) is 15.5 Å². The Morgan fingerprint density at radius 2 is 1.39 bits per heavy atom. The first-order valence-electron chi connectivity index (χ1n) is 26.7. The Morgan fingerprint density at radius 3 is 2.01 bits per heavy atom. The fraction of sp³-hybridized carbons (Fsp3) is 0.569. The van der Waals surface area contributed by atoms with Crippen LogP contribution in [0.5, 0.6) is 0 Å². The van der Waals surface area contributed by atoms with Crippen LogP contribution in [0.15, 0.2) is 78.4 Å². The molecule has 3 aliphatic rings. The minimum absolute atomic E-state index is 0.00351. The van der Waals surface area contributed by atoms with Gasteiger partial charge in [-0.2, -0.15) is 5.26 Å². The maximum atomic E-state index is 13.5. The number of allylic oxidation sites excluding steroid dienone is 1. The molecule has 16 nitrogen and oxygen atoms in total. The van der Waals surface area contributed by atoms with Crippen LogP contribution < -0.4 is 20.9 Å². The number of ether oxygens (including phenoxy) is 6. The summed E-state index contributed by atoms with van der Waals surface area (Å²) >= 11 is 6.13. The second kappa shape index (κ2) is 30.4. The minimum atomic E-state index is -0.355. The van der Waals surface area contributed by atoms with E-state index in [9.17, 15) is 24.4 Å². The highest BCUT2D eigenvalue weighted by atomic mass is 35.5. The number of rotatable bonds is 27. The second-order valence-corrected chi connectivity index (χ2v) is 21.0. The average Bonchev–Trinajstić information content (AvgIpc) is 3.79. The fourth-order valence-corrected chi connectivity index (χ4v) is 10.4. The van der Waals surface area contributed by atoms with Crippen molar-refractivity contribution >= 4 is 46.6 Å². The average molecular weight is 1060 g/mol. The van der Waals surface area contributed by atoms with E-state index in [0.717, 1.165) is 79.8 Å². The zero-order chi connectivity index (χ0) is 53.6. The van der Waals surface area contributed by atoms with Crippen LogP contribution in [0.1, 0.15) is 95.1 Å². The van der Waals surface area contributed by atoms with Crippen LogP contribution in [0.3, 0.4) is 0 Å². The van der Waals surface area contributed by atoms with Crippen molar-refractivity contribution in [2.24, 2.45) is 23.2 Å². The molecule has 408 valence electrons. The number of nitriles is 1. The molecule has 5 atom stereocenters. The molecule has 3 aromatic rings. The molecular weight excluding hydrogens is 976 g/mol. The van der Waals surface area contributed by atoms with E-state index in [1.165, 1.54) is 0 Å². The number of hydrogen-bond acceptors (Lipinski definition) is 12. The molecule has 17 heteroatoms. The lowest BCUT2D eigenvalue weighted by molar-refractivity contribution is -0.127. The van der Waals surface area contributed by atoms with Crippen molar-refractivity contribution in [3.05, 3.63) is 94.5 Å². The summed E-state index contributed by atoms with van der Waals surface area (Å²) in [6, 6.07) is 23.4. The zero-order valence-electron chi connectivity index (χ0n) is 44.7. The number of nitrogens with zero attached hydrogens (tertiary/aromatic N) is 3. The Morgan fingerprint density at radius 1 is 0.773 bits per heavy atom. The number of carbonyl (C=O) groups is 4. The summed E-state index contributed by atoms with van der Waals surface area (Å²) in [6.07, 6.45) is 7.79. The lowest BCUT2D eigenvalue weighted by atomic mass is 9.78. The molecule has 2 unspecified atom stereocenters. The Bertz CT molecular complexity index is 2370. The quantitative estimate of drug-likeness (QED) is 0.0376. The maximum Gasteiger partial charge on any atom is 0.264 e. The lowest BCUT2D eigenvalue weighted by Crippen LogP contribution is -2.43. The van der Waals surface area contributed by atoms with E-state index in [4.69, 9.17) is 40.0 Å². The molecule has 0 bridgehead atoms. The van der Waals surface area contributed by atoms with Gasteiger partial charge in [-0.15, -0.1) is 0 Å². The van der Waals surface area contributed by atoms with Crippen LogP contribution in [0, 0.1) is 34.5 Å².